The van der Waals surface area contributed by atoms with Gasteiger partial charge in [-0.25, -0.2) is 4.79 Å². The van der Waals surface area contributed by atoms with Crippen LogP contribution < -0.4 is 4.74 Å². The van der Waals surface area contributed by atoms with E-state index in [0.717, 1.165) is 12.0 Å². The van der Waals surface area contributed by atoms with Gasteiger partial charge in [0.15, 0.2) is 0 Å². The van der Waals surface area contributed by atoms with Crippen molar-refractivity contribution < 1.29 is 14.3 Å². The zero-order chi connectivity index (χ0) is 18.2. The summed E-state index contributed by atoms with van der Waals surface area (Å²) in [5, 5.41) is 0. The Kier molecular flexibility index (Phi) is 7.02. The molecular weight excluding hydrogens is 314 g/mol. The summed E-state index contributed by atoms with van der Waals surface area (Å²) in [6.07, 6.45) is 0.705. The van der Waals surface area contributed by atoms with Crippen molar-refractivity contribution in [3.8, 4) is 5.75 Å². The third kappa shape index (κ3) is 5.07. The molecule has 2 aromatic carbocycles. The van der Waals surface area contributed by atoms with Crippen LogP contribution in [-0.2, 0) is 4.74 Å². The molecule has 4 heteroatoms. The molecule has 0 heterocycles. The van der Waals surface area contributed by atoms with Crippen LogP contribution in [0.2, 0.25) is 0 Å². The molecule has 0 N–H and O–H groups in total. The van der Waals surface area contributed by atoms with E-state index in [1.807, 2.05) is 42.5 Å². The lowest BCUT2D eigenvalue weighted by molar-refractivity contribution is 0.0183. The number of benzene rings is 2. The van der Waals surface area contributed by atoms with Crippen molar-refractivity contribution in [3.63, 3.8) is 0 Å². The normalized spacial score (nSPS) is 13.3. The van der Waals surface area contributed by atoms with E-state index in [9.17, 15) is 4.79 Å². The Balaban J connectivity index is 2.22. The van der Waals surface area contributed by atoms with Crippen molar-refractivity contribution in [1.82, 2.24) is 4.90 Å². The quantitative estimate of drug-likeness (QED) is 0.670. The van der Waals surface area contributed by atoms with Gasteiger partial charge < -0.3 is 9.47 Å². The predicted octanol–water partition coefficient (Wildman–Crippen LogP) is 4.32. The number of likely N-dealkylation sites (N-methyl/N-ethyl adjacent to an activating group) is 1. The first kappa shape index (κ1) is 19.0. The lowest BCUT2D eigenvalue weighted by Gasteiger charge is -2.28. The molecule has 25 heavy (non-hydrogen) atoms. The summed E-state index contributed by atoms with van der Waals surface area (Å²) in [5.41, 5.74) is 1.43. The average molecular weight is 341 g/mol. The third-order valence-electron chi connectivity index (χ3n) is 4.54. The summed E-state index contributed by atoms with van der Waals surface area (Å²) < 4.78 is 11.1. The van der Waals surface area contributed by atoms with Gasteiger partial charge in [-0.15, -0.1) is 0 Å². The van der Waals surface area contributed by atoms with Gasteiger partial charge in [0.05, 0.1) is 7.11 Å². The Morgan fingerprint density at radius 1 is 1.08 bits per heavy atom. The van der Waals surface area contributed by atoms with E-state index in [1.165, 1.54) is 0 Å². The molecule has 0 saturated carbocycles. The lowest BCUT2D eigenvalue weighted by Crippen LogP contribution is -2.34. The maximum Gasteiger partial charge on any atom is 0.342 e. The number of hydrogen-bond donors (Lipinski definition) is 0. The Labute approximate surface area is 150 Å². The monoisotopic (exact) mass is 341 g/mol. The molecule has 134 valence electrons. The van der Waals surface area contributed by atoms with Crippen molar-refractivity contribution in [1.29, 1.82) is 0 Å². The zero-order valence-corrected chi connectivity index (χ0v) is 15.4. The number of hydrogen-bond acceptors (Lipinski definition) is 4. The highest BCUT2D eigenvalue weighted by Crippen LogP contribution is 2.24. The van der Waals surface area contributed by atoms with Gasteiger partial charge >= 0.3 is 5.97 Å². The first-order valence-electron chi connectivity index (χ1n) is 8.66. The molecule has 0 amide bonds. The van der Waals surface area contributed by atoms with Crippen LogP contribution in [0, 0.1) is 0 Å². The molecule has 4 nitrogen and oxygen atoms in total. The van der Waals surface area contributed by atoms with E-state index in [2.05, 4.69) is 25.8 Å². The molecule has 2 atom stereocenters. The summed E-state index contributed by atoms with van der Waals surface area (Å²) in [6.45, 7) is 4.96. The molecule has 0 aliphatic rings. The Hall–Kier alpha value is -2.33. The fourth-order valence-corrected chi connectivity index (χ4v) is 2.64. The molecular formula is C21H27NO3. The Morgan fingerprint density at radius 2 is 1.72 bits per heavy atom. The smallest absolute Gasteiger partial charge is 0.342 e. The van der Waals surface area contributed by atoms with Gasteiger partial charge in [-0.1, -0.05) is 49.4 Å². The topological polar surface area (TPSA) is 38.8 Å². The number of methoxy groups -OCH3 is 1. The minimum atomic E-state index is -0.371. The number of nitrogens with zero attached hydrogens (tertiary/aromatic N) is 1. The minimum absolute atomic E-state index is 0.336. The molecule has 0 spiro atoms. The van der Waals surface area contributed by atoms with Gasteiger partial charge in [0, 0.05) is 12.6 Å². The molecule has 0 aliphatic heterocycles. The molecule has 0 saturated heterocycles. The van der Waals surface area contributed by atoms with Crippen LogP contribution in [0.5, 0.6) is 5.75 Å². The van der Waals surface area contributed by atoms with Gasteiger partial charge in [0.25, 0.3) is 0 Å². The van der Waals surface area contributed by atoms with Crippen LogP contribution in [0.4, 0.5) is 0 Å². The van der Waals surface area contributed by atoms with Crippen LogP contribution in [0.1, 0.15) is 42.3 Å². The number of para-hydroxylation sites is 1. The second-order valence-electron chi connectivity index (χ2n) is 6.20. The fraction of sp³-hybridized carbons (Fsp3) is 0.381. The van der Waals surface area contributed by atoms with Crippen LogP contribution in [0.25, 0.3) is 0 Å². The highest BCUT2D eigenvalue weighted by atomic mass is 16.5. The van der Waals surface area contributed by atoms with Crippen LogP contribution in [0.15, 0.2) is 54.6 Å². The van der Waals surface area contributed by atoms with E-state index in [0.29, 0.717) is 23.9 Å². The average Bonchev–Trinajstić information content (AvgIpc) is 2.67. The van der Waals surface area contributed by atoms with E-state index in [4.69, 9.17) is 9.47 Å². The molecule has 0 aromatic heterocycles. The van der Waals surface area contributed by atoms with Crippen molar-refractivity contribution in [2.45, 2.75) is 32.4 Å². The second kappa shape index (κ2) is 9.23. The van der Waals surface area contributed by atoms with E-state index >= 15 is 0 Å². The van der Waals surface area contributed by atoms with Gasteiger partial charge in [0.1, 0.15) is 17.4 Å². The summed E-state index contributed by atoms with van der Waals surface area (Å²) in [6, 6.07) is 17.4. The maximum atomic E-state index is 12.7. The highest BCUT2D eigenvalue weighted by molar-refractivity contribution is 5.92. The number of esters is 1. The lowest BCUT2D eigenvalue weighted by atomic mass is 10.1. The fourth-order valence-electron chi connectivity index (χ4n) is 2.64. The summed E-state index contributed by atoms with van der Waals surface area (Å²) in [4.78, 5) is 14.9. The molecule has 2 rings (SSSR count). The number of carbonyl (C=O) groups is 1. The van der Waals surface area contributed by atoms with Gasteiger partial charge in [-0.05, 0) is 38.1 Å². The van der Waals surface area contributed by atoms with Crippen LogP contribution >= 0.6 is 0 Å². The molecule has 0 radical (unpaired) electrons. The summed E-state index contributed by atoms with van der Waals surface area (Å²) in [7, 11) is 3.61. The van der Waals surface area contributed by atoms with Crippen molar-refractivity contribution in [2.24, 2.45) is 0 Å². The van der Waals surface area contributed by atoms with Crippen molar-refractivity contribution in [2.75, 3.05) is 20.7 Å². The summed E-state index contributed by atoms with van der Waals surface area (Å²) >= 11 is 0. The van der Waals surface area contributed by atoms with Crippen LogP contribution in [0.3, 0.4) is 0 Å². The largest absolute Gasteiger partial charge is 0.496 e. The first-order valence-corrected chi connectivity index (χ1v) is 8.66. The standard InChI is InChI=1S/C21H27NO3/c1-5-16(2)22(3)15-20(17-11-7-6-8-12-17)25-21(23)18-13-9-10-14-19(18)24-4/h6-14,16,20H,5,15H2,1-4H3. The number of ether oxygens (including phenoxy) is 2. The number of carbonyl (C=O) groups excluding carboxylic acids is 1. The molecule has 2 aromatic rings. The van der Waals surface area contributed by atoms with Crippen LogP contribution in [-0.4, -0.2) is 37.6 Å². The van der Waals surface area contributed by atoms with Crippen molar-refractivity contribution >= 4 is 5.97 Å². The second-order valence-corrected chi connectivity index (χ2v) is 6.20. The van der Waals surface area contributed by atoms with Gasteiger partial charge in [-0.2, -0.15) is 0 Å². The SMILES string of the molecule is CCC(C)N(C)CC(OC(=O)c1ccccc1OC)c1ccccc1. The van der Waals surface area contributed by atoms with E-state index in [1.54, 1.807) is 19.2 Å². The Morgan fingerprint density at radius 3 is 2.36 bits per heavy atom. The molecule has 0 aliphatic carbocycles. The maximum absolute atomic E-state index is 12.7. The summed E-state index contributed by atoms with van der Waals surface area (Å²) in [5.74, 6) is 0.151. The predicted molar refractivity (Wildman–Crippen MR) is 100.0 cm³/mol. The van der Waals surface area contributed by atoms with Gasteiger partial charge in [-0.3, -0.25) is 4.90 Å². The minimum Gasteiger partial charge on any atom is -0.496 e. The van der Waals surface area contributed by atoms with Crippen molar-refractivity contribution in [3.05, 3.63) is 65.7 Å². The molecule has 0 bridgehead atoms. The molecule has 2 unspecified atom stereocenters. The first-order chi connectivity index (χ1) is 12.1. The van der Waals surface area contributed by atoms with E-state index < -0.39 is 0 Å². The van der Waals surface area contributed by atoms with E-state index in [-0.39, 0.29) is 12.1 Å². The highest BCUT2D eigenvalue weighted by Gasteiger charge is 2.23. The third-order valence-corrected chi connectivity index (χ3v) is 4.54. The zero-order valence-electron chi connectivity index (χ0n) is 15.4. The number of rotatable bonds is 8. The van der Waals surface area contributed by atoms with Gasteiger partial charge in [0.2, 0.25) is 0 Å². The molecule has 0 fully saturated rings. The Bertz CT molecular complexity index is 672.